The highest BCUT2D eigenvalue weighted by Crippen LogP contribution is 2.10. The maximum atomic E-state index is 11.7. The predicted octanol–water partition coefficient (Wildman–Crippen LogP) is 1.24. The number of rotatable bonds is 4. The fourth-order valence-corrected chi connectivity index (χ4v) is 2.34. The molecule has 0 bridgehead atoms. The molecule has 15 heavy (non-hydrogen) atoms. The molecule has 1 unspecified atom stereocenters. The van der Waals surface area contributed by atoms with E-state index in [2.05, 4.69) is 16.8 Å². The molecule has 1 atom stereocenters. The van der Waals surface area contributed by atoms with Gasteiger partial charge in [-0.3, -0.25) is 4.79 Å². The topological polar surface area (TPSA) is 38.3 Å². The first-order valence-corrected chi connectivity index (χ1v) is 6.16. The molecule has 4 heteroatoms. The number of ketones is 1. The van der Waals surface area contributed by atoms with Crippen LogP contribution in [0, 0.1) is 0 Å². The zero-order valence-electron chi connectivity index (χ0n) is 8.57. The Labute approximate surface area is 93.4 Å². The van der Waals surface area contributed by atoms with Gasteiger partial charge >= 0.3 is 0 Å². The van der Waals surface area contributed by atoms with Crippen molar-refractivity contribution < 1.29 is 9.53 Å². The molecule has 0 spiro atoms. The van der Waals surface area contributed by atoms with Gasteiger partial charge in [0.1, 0.15) is 6.10 Å². The molecule has 0 aliphatic carbocycles. The average Bonchev–Trinajstić information content (AvgIpc) is 2.80. The molecule has 82 valence electrons. The number of nitrogens with one attached hydrogen (secondary N) is 1. The van der Waals surface area contributed by atoms with Gasteiger partial charge in [0.05, 0.1) is 6.61 Å². The summed E-state index contributed by atoms with van der Waals surface area (Å²) in [7, 11) is 0. The summed E-state index contributed by atoms with van der Waals surface area (Å²) in [6.45, 7) is 2.17. The molecule has 2 heterocycles. The summed E-state index contributed by atoms with van der Waals surface area (Å²) in [4.78, 5) is 11.7. The van der Waals surface area contributed by atoms with E-state index in [-0.39, 0.29) is 11.9 Å². The Morgan fingerprint density at radius 1 is 1.67 bits per heavy atom. The molecule has 1 fully saturated rings. The summed E-state index contributed by atoms with van der Waals surface area (Å²) in [6, 6.07) is 2.07. The van der Waals surface area contributed by atoms with Gasteiger partial charge in [0, 0.05) is 19.5 Å². The normalized spacial score (nSPS) is 21.5. The second-order valence-electron chi connectivity index (χ2n) is 3.66. The average molecular weight is 225 g/mol. The fourth-order valence-electron chi connectivity index (χ4n) is 1.64. The van der Waals surface area contributed by atoms with Crippen LogP contribution in [0.3, 0.4) is 0 Å². The Morgan fingerprint density at radius 3 is 3.27 bits per heavy atom. The van der Waals surface area contributed by atoms with Crippen LogP contribution in [0.25, 0.3) is 0 Å². The number of morpholine rings is 1. The largest absolute Gasteiger partial charge is 0.368 e. The van der Waals surface area contributed by atoms with Crippen LogP contribution in [-0.4, -0.2) is 31.6 Å². The van der Waals surface area contributed by atoms with Gasteiger partial charge in [0.15, 0.2) is 5.78 Å². The molecule has 3 nitrogen and oxygen atoms in total. The van der Waals surface area contributed by atoms with Crippen LogP contribution >= 0.6 is 11.3 Å². The number of hydrogen-bond donors (Lipinski definition) is 1. The van der Waals surface area contributed by atoms with Crippen LogP contribution in [0.15, 0.2) is 16.8 Å². The summed E-state index contributed by atoms with van der Waals surface area (Å²) in [5.74, 6) is 0.216. The molecule has 1 aromatic heterocycles. The van der Waals surface area contributed by atoms with Crippen molar-refractivity contribution in [1.29, 1.82) is 0 Å². The highest BCUT2D eigenvalue weighted by molar-refractivity contribution is 7.07. The highest BCUT2D eigenvalue weighted by Gasteiger charge is 2.20. The van der Waals surface area contributed by atoms with E-state index >= 15 is 0 Å². The molecule has 1 N–H and O–H groups in total. The molecule has 0 saturated carbocycles. The van der Waals surface area contributed by atoms with Crippen LogP contribution < -0.4 is 5.32 Å². The first-order chi connectivity index (χ1) is 7.36. The number of aryl methyl sites for hydroxylation is 1. The lowest BCUT2D eigenvalue weighted by Gasteiger charge is -2.22. The minimum absolute atomic E-state index is 0.216. The molecule has 1 aromatic rings. The first kappa shape index (κ1) is 10.8. The summed E-state index contributed by atoms with van der Waals surface area (Å²) >= 11 is 1.67. The summed E-state index contributed by atoms with van der Waals surface area (Å²) in [6.07, 6.45) is 1.20. The Bertz CT molecular complexity index is 304. The molecule has 2 rings (SSSR count). The number of Topliss-reactive ketones (excluding diaryl/α,β-unsaturated/α-hetero) is 1. The van der Waals surface area contributed by atoms with Crippen molar-refractivity contribution in [3.05, 3.63) is 22.4 Å². The summed E-state index contributed by atoms with van der Waals surface area (Å²) < 4.78 is 5.40. The maximum Gasteiger partial charge on any atom is 0.163 e. The molecule has 0 amide bonds. The van der Waals surface area contributed by atoms with E-state index < -0.39 is 0 Å². The van der Waals surface area contributed by atoms with E-state index in [9.17, 15) is 4.79 Å². The minimum atomic E-state index is -0.225. The second kappa shape index (κ2) is 5.39. The third-order valence-corrected chi connectivity index (χ3v) is 3.26. The van der Waals surface area contributed by atoms with Crippen molar-refractivity contribution in [3.63, 3.8) is 0 Å². The van der Waals surface area contributed by atoms with Crippen LogP contribution in [0.5, 0.6) is 0 Å². The molecule has 1 aliphatic heterocycles. The molecule has 0 radical (unpaired) electrons. The van der Waals surface area contributed by atoms with E-state index in [1.807, 2.05) is 5.38 Å². The van der Waals surface area contributed by atoms with E-state index in [1.165, 1.54) is 5.56 Å². The fraction of sp³-hybridized carbons (Fsp3) is 0.545. The SMILES string of the molecule is O=C(CCc1ccsc1)C1CNCCO1. The predicted molar refractivity (Wildman–Crippen MR) is 60.3 cm³/mol. The lowest BCUT2D eigenvalue weighted by molar-refractivity contribution is -0.131. The number of carbonyl (C=O) groups is 1. The second-order valence-corrected chi connectivity index (χ2v) is 4.44. The van der Waals surface area contributed by atoms with Crippen molar-refractivity contribution >= 4 is 17.1 Å². The van der Waals surface area contributed by atoms with Gasteiger partial charge in [0.2, 0.25) is 0 Å². The van der Waals surface area contributed by atoms with Crippen LogP contribution in [0.4, 0.5) is 0 Å². The van der Waals surface area contributed by atoms with Crippen molar-refractivity contribution in [2.24, 2.45) is 0 Å². The third kappa shape index (κ3) is 3.12. The van der Waals surface area contributed by atoms with Gasteiger partial charge in [0.25, 0.3) is 0 Å². The summed E-state index contributed by atoms with van der Waals surface area (Å²) in [5.41, 5.74) is 1.25. The maximum absolute atomic E-state index is 11.7. The van der Waals surface area contributed by atoms with Gasteiger partial charge in [-0.05, 0) is 28.8 Å². The Morgan fingerprint density at radius 2 is 2.60 bits per heavy atom. The standard InChI is InChI=1S/C11H15NO2S/c13-10(11-7-12-4-5-14-11)2-1-9-3-6-15-8-9/h3,6,8,11-12H,1-2,4-5,7H2. The molecular formula is C11H15NO2S. The van der Waals surface area contributed by atoms with Crippen LogP contribution in [0.1, 0.15) is 12.0 Å². The molecule has 1 aliphatic rings. The number of thiophene rings is 1. The van der Waals surface area contributed by atoms with Crippen molar-refractivity contribution in [2.75, 3.05) is 19.7 Å². The Balaban J connectivity index is 1.76. The highest BCUT2D eigenvalue weighted by atomic mass is 32.1. The van der Waals surface area contributed by atoms with Gasteiger partial charge in [-0.1, -0.05) is 0 Å². The number of hydrogen-bond acceptors (Lipinski definition) is 4. The number of carbonyl (C=O) groups excluding carboxylic acids is 1. The van der Waals surface area contributed by atoms with E-state index in [0.29, 0.717) is 19.6 Å². The lowest BCUT2D eigenvalue weighted by Crippen LogP contribution is -2.43. The van der Waals surface area contributed by atoms with Gasteiger partial charge in [-0.15, -0.1) is 0 Å². The van der Waals surface area contributed by atoms with E-state index in [1.54, 1.807) is 11.3 Å². The monoisotopic (exact) mass is 225 g/mol. The van der Waals surface area contributed by atoms with Gasteiger partial charge < -0.3 is 10.1 Å². The first-order valence-electron chi connectivity index (χ1n) is 5.22. The van der Waals surface area contributed by atoms with Crippen molar-refractivity contribution in [1.82, 2.24) is 5.32 Å². The minimum Gasteiger partial charge on any atom is -0.368 e. The van der Waals surface area contributed by atoms with Crippen molar-refractivity contribution in [3.8, 4) is 0 Å². The van der Waals surface area contributed by atoms with Gasteiger partial charge in [-0.25, -0.2) is 0 Å². The number of ether oxygens (including phenoxy) is 1. The zero-order valence-corrected chi connectivity index (χ0v) is 9.39. The van der Waals surface area contributed by atoms with Gasteiger partial charge in [-0.2, -0.15) is 11.3 Å². The lowest BCUT2D eigenvalue weighted by atomic mass is 10.1. The molecule has 0 aromatic carbocycles. The van der Waals surface area contributed by atoms with Crippen molar-refractivity contribution in [2.45, 2.75) is 18.9 Å². The Kier molecular flexibility index (Phi) is 3.88. The third-order valence-electron chi connectivity index (χ3n) is 2.53. The van der Waals surface area contributed by atoms with Crippen LogP contribution in [-0.2, 0) is 16.0 Å². The van der Waals surface area contributed by atoms with E-state index in [0.717, 1.165) is 13.0 Å². The van der Waals surface area contributed by atoms with E-state index in [4.69, 9.17) is 4.74 Å². The molecule has 1 saturated heterocycles. The molecular weight excluding hydrogens is 210 g/mol. The Hall–Kier alpha value is -0.710. The van der Waals surface area contributed by atoms with Crippen LogP contribution in [0.2, 0.25) is 0 Å². The summed E-state index contributed by atoms with van der Waals surface area (Å²) in [5, 5.41) is 7.30. The quantitative estimate of drug-likeness (QED) is 0.838. The smallest absolute Gasteiger partial charge is 0.163 e. The zero-order chi connectivity index (χ0) is 10.5.